The quantitative estimate of drug-likeness (QED) is 0.537. The van der Waals surface area contributed by atoms with E-state index in [4.69, 9.17) is 0 Å². The van der Waals surface area contributed by atoms with Crippen LogP contribution in [0.25, 0.3) is 16.9 Å². The summed E-state index contributed by atoms with van der Waals surface area (Å²) in [5, 5.41) is 2.81. The van der Waals surface area contributed by atoms with E-state index in [1.54, 1.807) is 36.4 Å². The minimum Gasteiger partial charge on any atom is -0.324 e. The van der Waals surface area contributed by atoms with E-state index in [1.807, 2.05) is 47.1 Å². The maximum Gasteiger partial charge on any atom is 0.262 e. The lowest BCUT2D eigenvalue weighted by Gasteiger charge is -2.15. The highest BCUT2D eigenvalue weighted by atomic mass is 16.2. The third-order valence-corrected chi connectivity index (χ3v) is 5.02. The molecule has 4 aromatic rings. The highest BCUT2D eigenvalue weighted by Gasteiger charge is 2.36. The van der Waals surface area contributed by atoms with Crippen molar-refractivity contribution in [1.82, 2.24) is 14.3 Å². The highest BCUT2D eigenvalue weighted by molar-refractivity contribution is 6.22. The van der Waals surface area contributed by atoms with Crippen LogP contribution < -0.4 is 5.32 Å². The summed E-state index contributed by atoms with van der Waals surface area (Å²) in [6.45, 7) is -0.355. The van der Waals surface area contributed by atoms with Crippen molar-refractivity contribution in [1.29, 1.82) is 0 Å². The number of amides is 3. The molecule has 1 aliphatic heterocycles. The minimum atomic E-state index is -0.459. The number of hydrogen-bond donors (Lipinski definition) is 1. The standard InChI is InChI=1S/C23H16N4O3/c28-21(14-27-22(29)15-7-1-2-8-16(15)23(27)30)25-18-10-4-3-9-17(18)19-13-26-12-6-5-11-20(26)24-19/h1-13H,14H2,(H,25,28). The summed E-state index contributed by atoms with van der Waals surface area (Å²) in [4.78, 5) is 43.2. The number of imide groups is 1. The Bertz CT molecular complexity index is 1260. The molecule has 0 saturated heterocycles. The molecule has 1 aliphatic rings. The number of nitrogens with zero attached hydrogens (tertiary/aromatic N) is 3. The van der Waals surface area contributed by atoms with Crippen molar-refractivity contribution in [3.8, 4) is 11.3 Å². The number of benzene rings is 2. The molecule has 0 atom stereocenters. The van der Waals surface area contributed by atoms with Gasteiger partial charge in [-0.15, -0.1) is 0 Å². The molecule has 0 fully saturated rings. The van der Waals surface area contributed by atoms with Crippen molar-refractivity contribution < 1.29 is 14.4 Å². The zero-order chi connectivity index (χ0) is 20.7. The second-order valence-electron chi connectivity index (χ2n) is 6.93. The first kappa shape index (κ1) is 17.8. The van der Waals surface area contributed by atoms with Crippen molar-refractivity contribution in [3.05, 3.63) is 90.3 Å². The van der Waals surface area contributed by atoms with Gasteiger partial charge < -0.3 is 9.72 Å². The lowest BCUT2D eigenvalue weighted by molar-refractivity contribution is -0.116. The number of fused-ring (bicyclic) bond motifs is 2. The summed E-state index contributed by atoms with van der Waals surface area (Å²) in [5.41, 5.74) is 3.44. The summed E-state index contributed by atoms with van der Waals surface area (Å²) in [6.07, 6.45) is 3.78. The van der Waals surface area contributed by atoms with Crippen molar-refractivity contribution in [3.63, 3.8) is 0 Å². The maximum absolute atomic E-state index is 12.7. The molecule has 3 heterocycles. The molecule has 2 aromatic heterocycles. The van der Waals surface area contributed by atoms with Crippen LogP contribution in [-0.2, 0) is 4.79 Å². The number of pyridine rings is 1. The average Bonchev–Trinajstić information content (AvgIpc) is 3.30. The lowest BCUT2D eigenvalue weighted by Crippen LogP contribution is -2.37. The zero-order valence-corrected chi connectivity index (χ0v) is 15.8. The maximum atomic E-state index is 12.7. The van der Waals surface area contributed by atoms with Crippen LogP contribution in [0.1, 0.15) is 20.7 Å². The fourth-order valence-electron chi connectivity index (χ4n) is 3.60. The molecule has 0 aliphatic carbocycles. The number of aromatic nitrogens is 2. The molecular weight excluding hydrogens is 380 g/mol. The Morgan fingerprint density at radius 3 is 2.17 bits per heavy atom. The molecule has 7 heteroatoms. The van der Waals surface area contributed by atoms with Gasteiger partial charge in [-0.3, -0.25) is 19.3 Å². The van der Waals surface area contributed by atoms with Crippen LogP contribution >= 0.6 is 0 Å². The van der Waals surface area contributed by atoms with Gasteiger partial charge in [0, 0.05) is 18.0 Å². The Hall–Kier alpha value is -4.26. The van der Waals surface area contributed by atoms with E-state index in [9.17, 15) is 14.4 Å². The van der Waals surface area contributed by atoms with Gasteiger partial charge >= 0.3 is 0 Å². The number of anilines is 1. The molecule has 5 rings (SSSR count). The topological polar surface area (TPSA) is 83.8 Å². The van der Waals surface area contributed by atoms with E-state index in [0.29, 0.717) is 22.5 Å². The van der Waals surface area contributed by atoms with E-state index in [0.717, 1.165) is 16.1 Å². The van der Waals surface area contributed by atoms with Gasteiger partial charge in [-0.1, -0.05) is 36.4 Å². The molecule has 1 N–H and O–H groups in total. The van der Waals surface area contributed by atoms with Crippen LogP contribution in [0.4, 0.5) is 5.69 Å². The normalized spacial score (nSPS) is 13.0. The van der Waals surface area contributed by atoms with Crippen LogP contribution in [0.15, 0.2) is 79.1 Å². The third kappa shape index (κ3) is 2.93. The molecule has 7 nitrogen and oxygen atoms in total. The van der Waals surface area contributed by atoms with Gasteiger partial charge in [0.1, 0.15) is 12.2 Å². The smallest absolute Gasteiger partial charge is 0.262 e. The Balaban J connectivity index is 1.39. The van der Waals surface area contributed by atoms with Crippen LogP contribution in [0.5, 0.6) is 0 Å². The second-order valence-corrected chi connectivity index (χ2v) is 6.93. The first-order chi connectivity index (χ1) is 14.6. The van der Waals surface area contributed by atoms with Crippen molar-refractivity contribution >= 4 is 29.1 Å². The van der Waals surface area contributed by atoms with Gasteiger partial charge in [-0.25, -0.2) is 4.98 Å². The monoisotopic (exact) mass is 396 g/mol. The number of para-hydroxylation sites is 1. The second kappa shape index (κ2) is 6.97. The number of nitrogens with one attached hydrogen (secondary N) is 1. The molecule has 3 amide bonds. The zero-order valence-electron chi connectivity index (χ0n) is 15.8. The molecule has 0 spiro atoms. The minimum absolute atomic E-state index is 0.320. The third-order valence-electron chi connectivity index (χ3n) is 5.02. The Morgan fingerprint density at radius 1 is 0.833 bits per heavy atom. The summed E-state index contributed by atoms with van der Waals surface area (Å²) >= 11 is 0. The fourth-order valence-corrected chi connectivity index (χ4v) is 3.60. The van der Waals surface area contributed by atoms with Crippen LogP contribution in [0.3, 0.4) is 0 Å². The molecule has 0 radical (unpaired) electrons. The van der Waals surface area contributed by atoms with Gasteiger partial charge in [0.15, 0.2) is 0 Å². The largest absolute Gasteiger partial charge is 0.324 e. The van der Waals surface area contributed by atoms with E-state index < -0.39 is 17.7 Å². The van der Waals surface area contributed by atoms with Crippen molar-refractivity contribution in [2.45, 2.75) is 0 Å². The van der Waals surface area contributed by atoms with Gasteiger partial charge in [0.2, 0.25) is 5.91 Å². The summed E-state index contributed by atoms with van der Waals surface area (Å²) in [5.74, 6) is -1.38. The van der Waals surface area contributed by atoms with Gasteiger partial charge in [0.05, 0.1) is 22.5 Å². The Morgan fingerprint density at radius 2 is 1.47 bits per heavy atom. The van der Waals surface area contributed by atoms with E-state index in [-0.39, 0.29) is 6.54 Å². The summed E-state index contributed by atoms with van der Waals surface area (Å²) in [7, 11) is 0. The number of carbonyl (C=O) groups excluding carboxylic acids is 3. The number of imidazole rings is 1. The van der Waals surface area contributed by atoms with E-state index >= 15 is 0 Å². The number of rotatable bonds is 4. The van der Waals surface area contributed by atoms with Crippen LogP contribution in [0, 0.1) is 0 Å². The van der Waals surface area contributed by atoms with E-state index in [1.165, 1.54) is 0 Å². The molecule has 0 saturated carbocycles. The van der Waals surface area contributed by atoms with Crippen molar-refractivity contribution in [2.24, 2.45) is 0 Å². The first-order valence-corrected chi connectivity index (χ1v) is 9.40. The van der Waals surface area contributed by atoms with Gasteiger partial charge in [0.25, 0.3) is 11.8 Å². The highest BCUT2D eigenvalue weighted by Crippen LogP contribution is 2.28. The fraction of sp³-hybridized carbons (Fsp3) is 0.0435. The lowest BCUT2D eigenvalue weighted by atomic mass is 10.1. The van der Waals surface area contributed by atoms with Gasteiger partial charge in [-0.05, 0) is 30.3 Å². The van der Waals surface area contributed by atoms with Crippen molar-refractivity contribution in [2.75, 3.05) is 11.9 Å². The number of hydrogen-bond acceptors (Lipinski definition) is 4. The SMILES string of the molecule is O=C(CN1C(=O)c2ccccc2C1=O)Nc1ccccc1-c1cn2ccccc2n1. The summed E-state index contributed by atoms with van der Waals surface area (Å²) < 4.78 is 1.90. The molecular formula is C23H16N4O3. The first-order valence-electron chi connectivity index (χ1n) is 9.40. The Kier molecular flexibility index (Phi) is 4.14. The molecule has 30 heavy (non-hydrogen) atoms. The molecule has 0 bridgehead atoms. The van der Waals surface area contributed by atoms with E-state index in [2.05, 4.69) is 10.3 Å². The predicted octanol–water partition coefficient (Wildman–Crippen LogP) is 3.24. The number of carbonyl (C=O) groups is 3. The summed E-state index contributed by atoms with van der Waals surface area (Å²) in [6, 6.07) is 19.6. The van der Waals surface area contributed by atoms with Crippen LogP contribution in [-0.4, -0.2) is 38.6 Å². The average molecular weight is 396 g/mol. The molecule has 2 aromatic carbocycles. The Labute approximate surface area is 171 Å². The molecule has 146 valence electrons. The van der Waals surface area contributed by atoms with Gasteiger partial charge in [-0.2, -0.15) is 0 Å². The molecule has 0 unspecified atom stereocenters. The van der Waals surface area contributed by atoms with Crippen LogP contribution in [0.2, 0.25) is 0 Å². The predicted molar refractivity (Wildman–Crippen MR) is 111 cm³/mol.